The molecule has 1 N–H and O–H groups in total. The maximum atomic E-state index is 10.6. The van der Waals surface area contributed by atoms with Gasteiger partial charge < -0.3 is 23.9 Å². The van der Waals surface area contributed by atoms with Gasteiger partial charge in [-0.1, -0.05) is 0 Å². The van der Waals surface area contributed by atoms with Gasteiger partial charge in [0, 0.05) is 37.2 Å². The lowest BCUT2D eigenvalue weighted by Crippen LogP contribution is -2.33. The van der Waals surface area contributed by atoms with Crippen LogP contribution in [-0.4, -0.2) is 57.8 Å². The average Bonchev–Trinajstić information content (AvgIpc) is 3.51. The number of aryl methyl sites for hydroxylation is 1. The highest BCUT2D eigenvalue weighted by Gasteiger charge is 2.31. The van der Waals surface area contributed by atoms with Gasteiger partial charge in [-0.25, -0.2) is 15.0 Å². The van der Waals surface area contributed by atoms with E-state index in [9.17, 15) is 5.11 Å². The predicted octanol–water partition coefficient (Wildman–Crippen LogP) is 2.49. The normalized spacial score (nSPS) is 19.6. The average molecular weight is 438 g/mol. The van der Waals surface area contributed by atoms with E-state index in [1.807, 2.05) is 18.0 Å². The molecule has 0 bridgehead atoms. The molecule has 3 aromatic rings. The molecule has 2 aliphatic heterocycles. The second-order valence-electron chi connectivity index (χ2n) is 8.25. The molecular weight excluding hydrogens is 410 g/mol. The summed E-state index contributed by atoms with van der Waals surface area (Å²) >= 11 is 0. The van der Waals surface area contributed by atoms with Crippen molar-refractivity contribution in [1.29, 1.82) is 0 Å². The Kier molecular flexibility index (Phi) is 5.67. The molecule has 0 saturated carbocycles. The van der Waals surface area contributed by atoms with Crippen LogP contribution in [0.3, 0.4) is 0 Å². The predicted molar refractivity (Wildman–Crippen MR) is 117 cm³/mol. The molecule has 0 amide bonds. The van der Waals surface area contributed by atoms with Crippen molar-refractivity contribution in [3.8, 4) is 11.8 Å². The van der Waals surface area contributed by atoms with Crippen LogP contribution in [0, 0.1) is 6.92 Å². The fraction of sp³-hybridized carbons (Fsp3) is 0.435. The van der Waals surface area contributed by atoms with E-state index in [0.717, 1.165) is 54.0 Å². The Bertz CT molecular complexity index is 1070. The van der Waals surface area contributed by atoms with Gasteiger partial charge in [0.2, 0.25) is 11.8 Å². The summed E-state index contributed by atoms with van der Waals surface area (Å²) in [4.78, 5) is 17.6. The topological polar surface area (TPSA) is 97.0 Å². The second kappa shape index (κ2) is 8.76. The first kappa shape index (κ1) is 20.7. The smallest absolute Gasteiger partial charge is 0.222 e. The molecule has 32 heavy (non-hydrogen) atoms. The number of anilines is 1. The summed E-state index contributed by atoms with van der Waals surface area (Å²) in [7, 11) is 1.63. The number of aromatic nitrogens is 3. The first-order valence-corrected chi connectivity index (χ1v) is 10.8. The lowest BCUT2D eigenvalue weighted by molar-refractivity contribution is 0.0113. The lowest BCUT2D eigenvalue weighted by Gasteiger charge is -2.31. The first-order valence-electron chi connectivity index (χ1n) is 10.8. The number of ether oxygens (including phenoxy) is 2. The minimum atomic E-state index is -0.692. The third-order valence-electron chi connectivity index (χ3n) is 6.18. The molecule has 0 radical (unpaired) electrons. The molecule has 5 heterocycles. The van der Waals surface area contributed by atoms with Gasteiger partial charge in [-0.2, -0.15) is 0 Å². The zero-order chi connectivity index (χ0) is 22.1. The van der Waals surface area contributed by atoms with E-state index < -0.39 is 6.23 Å². The third kappa shape index (κ3) is 4.01. The van der Waals surface area contributed by atoms with E-state index in [4.69, 9.17) is 13.9 Å². The Morgan fingerprint density at radius 2 is 2.12 bits per heavy atom. The van der Waals surface area contributed by atoms with Crippen LogP contribution in [0.25, 0.3) is 0 Å². The number of methoxy groups -OCH3 is 1. The molecule has 1 saturated heterocycles. The molecule has 5 rings (SSSR count). The SMILES string of the molecule is COc1ncc(N2CCc3ncnc(O[C@H]4CCN(C(O)c5ccoc5)C4)c3C2)cc1C. The van der Waals surface area contributed by atoms with Gasteiger partial charge in [0.25, 0.3) is 0 Å². The van der Waals surface area contributed by atoms with Crippen LogP contribution in [0.4, 0.5) is 5.69 Å². The molecule has 9 heteroatoms. The van der Waals surface area contributed by atoms with Gasteiger partial charge in [0.1, 0.15) is 18.7 Å². The van der Waals surface area contributed by atoms with Gasteiger partial charge in [0.15, 0.2) is 0 Å². The molecule has 2 atom stereocenters. The number of aliphatic hydroxyl groups is 1. The van der Waals surface area contributed by atoms with Crippen molar-refractivity contribution in [3.63, 3.8) is 0 Å². The van der Waals surface area contributed by atoms with Crippen molar-refractivity contribution in [2.45, 2.75) is 38.6 Å². The van der Waals surface area contributed by atoms with Gasteiger partial charge in [-0.05, 0) is 25.5 Å². The molecular formula is C23H27N5O4. The van der Waals surface area contributed by atoms with E-state index in [0.29, 0.717) is 24.8 Å². The number of hydrogen-bond acceptors (Lipinski definition) is 9. The number of furan rings is 1. The monoisotopic (exact) mass is 437 g/mol. The van der Waals surface area contributed by atoms with Crippen molar-refractivity contribution in [2.24, 2.45) is 0 Å². The number of hydrogen-bond donors (Lipinski definition) is 1. The van der Waals surface area contributed by atoms with Gasteiger partial charge >= 0.3 is 0 Å². The maximum absolute atomic E-state index is 10.6. The molecule has 0 aliphatic carbocycles. The second-order valence-corrected chi connectivity index (χ2v) is 8.25. The number of pyridine rings is 1. The van der Waals surface area contributed by atoms with Crippen molar-refractivity contribution in [2.75, 3.05) is 31.6 Å². The summed E-state index contributed by atoms with van der Waals surface area (Å²) in [5.74, 6) is 1.27. The molecule has 0 spiro atoms. The van der Waals surface area contributed by atoms with Crippen LogP contribution in [0.5, 0.6) is 11.8 Å². The minimum Gasteiger partial charge on any atom is -0.481 e. The number of fused-ring (bicyclic) bond motifs is 1. The quantitative estimate of drug-likeness (QED) is 0.624. The van der Waals surface area contributed by atoms with Crippen molar-refractivity contribution < 1.29 is 19.0 Å². The summed E-state index contributed by atoms with van der Waals surface area (Å²) in [5.41, 5.74) is 4.83. The summed E-state index contributed by atoms with van der Waals surface area (Å²) in [5, 5.41) is 10.6. The van der Waals surface area contributed by atoms with Gasteiger partial charge in [-0.15, -0.1) is 0 Å². The zero-order valence-electron chi connectivity index (χ0n) is 18.3. The molecule has 1 fully saturated rings. The Hall–Kier alpha value is -3.17. The Morgan fingerprint density at radius 1 is 1.22 bits per heavy atom. The van der Waals surface area contributed by atoms with E-state index in [1.54, 1.807) is 32.0 Å². The molecule has 3 aromatic heterocycles. The molecule has 0 aromatic carbocycles. The maximum Gasteiger partial charge on any atom is 0.222 e. The zero-order valence-corrected chi connectivity index (χ0v) is 18.3. The fourth-order valence-corrected chi connectivity index (χ4v) is 4.43. The fourth-order valence-electron chi connectivity index (χ4n) is 4.43. The van der Waals surface area contributed by atoms with Crippen LogP contribution in [0.15, 0.2) is 41.6 Å². The van der Waals surface area contributed by atoms with Gasteiger partial charge in [0.05, 0.1) is 49.3 Å². The van der Waals surface area contributed by atoms with Crippen LogP contribution >= 0.6 is 0 Å². The van der Waals surface area contributed by atoms with Gasteiger partial charge in [-0.3, -0.25) is 4.90 Å². The van der Waals surface area contributed by atoms with E-state index in [-0.39, 0.29) is 6.10 Å². The van der Waals surface area contributed by atoms with Crippen LogP contribution in [-0.2, 0) is 13.0 Å². The third-order valence-corrected chi connectivity index (χ3v) is 6.18. The number of aliphatic hydroxyl groups excluding tert-OH is 1. The van der Waals surface area contributed by atoms with Crippen LogP contribution < -0.4 is 14.4 Å². The van der Waals surface area contributed by atoms with Crippen LogP contribution in [0.1, 0.15) is 35.0 Å². The summed E-state index contributed by atoms with van der Waals surface area (Å²) in [6, 6.07) is 3.87. The van der Waals surface area contributed by atoms with E-state index in [2.05, 4.69) is 25.9 Å². The van der Waals surface area contributed by atoms with Crippen LogP contribution in [0.2, 0.25) is 0 Å². The molecule has 168 valence electrons. The highest BCUT2D eigenvalue weighted by molar-refractivity contribution is 5.52. The Balaban J connectivity index is 1.30. The highest BCUT2D eigenvalue weighted by Crippen LogP contribution is 2.31. The highest BCUT2D eigenvalue weighted by atomic mass is 16.5. The molecule has 9 nitrogen and oxygen atoms in total. The Labute approximate surface area is 186 Å². The number of nitrogens with zero attached hydrogens (tertiary/aromatic N) is 5. The van der Waals surface area contributed by atoms with E-state index >= 15 is 0 Å². The standard InChI is InChI=1S/C23H27N5O4/c1-15-9-17(10-24-21(15)30-2)27-7-4-20-19(12-27)22(26-14-25-20)32-18-3-6-28(11-18)23(29)16-5-8-31-13-16/h5,8-10,13-14,18,23,29H,3-4,6-7,11-12H2,1-2H3/t18-,23?/m0/s1. The Morgan fingerprint density at radius 3 is 2.91 bits per heavy atom. The largest absolute Gasteiger partial charge is 0.481 e. The van der Waals surface area contributed by atoms with Crippen molar-refractivity contribution >= 4 is 5.69 Å². The number of likely N-dealkylation sites (tertiary alicyclic amines) is 1. The summed E-state index contributed by atoms with van der Waals surface area (Å²) < 4.78 is 16.7. The minimum absolute atomic E-state index is 0.0455. The molecule has 1 unspecified atom stereocenters. The number of rotatable bonds is 6. The summed E-state index contributed by atoms with van der Waals surface area (Å²) in [6.07, 6.45) is 7.46. The van der Waals surface area contributed by atoms with Crippen molar-refractivity contribution in [3.05, 3.63) is 59.6 Å². The van der Waals surface area contributed by atoms with E-state index in [1.165, 1.54) is 0 Å². The first-order chi connectivity index (χ1) is 15.6. The molecule has 2 aliphatic rings. The van der Waals surface area contributed by atoms with Crippen molar-refractivity contribution in [1.82, 2.24) is 19.9 Å². The lowest BCUT2D eigenvalue weighted by atomic mass is 10.1. The summed E-state index contributed by atoms with van der Waals surface area (Å²) in [6.45, 7) is 4.87.